The van der Waals surface area contributed by atoms with Gasteiger partial charge in [0.15, 0.2) is 0 Å². The molecule has 124 valence electrons. The lowest BCUT2D eigenvalue weighted by atomic mass is 10.1. The number of nitrogens with two attached hydrogens (primary N) is 1. The minimum atomic E-state index is 0.100. The van der Waals surface area contributed by atoms with Gasteiger partial charge in [-0.2, -0.15) is 0 Å². The van der Waals surface area contributed by atoms with Gasteiger partial charge in [-0.15, -0.1) is 0 Å². The molecular weight excluding hydrogens is 278 g/mol. The molecule has 5 heteroatoms. The summed E-state index contributed by atoms with van der Waals surface area (Å²) in [6.45, 7) is 4.86. The minimum Gasteiger partial charge on any atom is -0.378 e. The summed E-state index contributed by atoms with van der Waals surface area (Å²) in [6.07, 6.45) is 2.75. The maximum atomic E-state index is 11.3. The summed E-state index contributed by atoms with van der Waals surface area (Å²) < 4.78 is 4.93. The van der Waals surface area contributed by atoms with E-state index in [-0.39, 0.29) is 5.91 Å². The lowest BCUT2D eigenvalue weighted by Gasteiger charge is -2.20. The number of carbonyl (C=O) groups is 1. The average Bonchev–Trinajstić information content (AvgIpc) is 2.50. The standard InChI is InChI=1S/C13H21N3O.C4H8O/c1-16(2)13(17)10-15-8-7-11-3-5-12(9-14)6-4-11;1-4-2-3-5-4/h3-6,15H,7-10,14H2,1-2H3;4H,2-3H2,1H3. The maximum Gasteiger partial charge on any atom is 0.236 e. The van der Waals surface area contributed by atoms with Gasteiger partial charge in [-0.3, -0.25) is 4.79 Å². The van der Waals surface area contributed by atoms with Crippen molar-refractivity contribution < 1.29 is 9.53 Å². The number of nitrogens with zero attached hydrogens (tertiary/aromatic N) is 1. The third-order valence-corrected chi connectivity index (χ3v) is 3.55. The van der Waals surface area contributed by atoms with E-state index in [1.165, 1.54) is 12.0 Å². The highest BCUT2D eigenvalue weighted by Gasteiger charge is 2.09. The molecule has 22 heavy (non-hydrogen) atoms. The van der Waals surface area contributed by atoms with Crippen molar-refractivity contribution >= 4 is 5.91 Å². The van der Waals surface area contributed by atoms with Crippen molar-refractivity contribution in [2.45, 2.75) is 32.4 Å². The quantitative estimate of drug-likeness (QED) is 0.774. The van der Waals surface area contributed by atoms with Crippen LogP contribution in [0, 0.1) is 0 Å². The van der Waals surface area contributed by atoms with Crippen molar-refractivity contribution in [3.63, 3.8) is 0 Å². The maximum absolute atomic E-state index is 11.3. The van der Waals surface area contributed by atoms with Gasteiger partial charge in [0.25, 0.3) is 0 Å². The van der Waals surface area contributed by atoms with E-state index in [4.69, 9.17) is 10.5 Å². The number of amides is 1. The molecule has 1 aromatic rings. The highest BCUT2D eigenvalue weighted by molar-refractivity contribution is 5.77. The van der Waals surface area contributed by atoms with Gasteiger partial charge < -0.3 is 20.7 Å². The second-order valence-electron chi connectivity index (χ2n) is 5.71. The highest BCUT2D eigenvalue weighted by Crippen LogP contribution is 2.07. The van der Waals surface area contributed by atoms with E-state index in [0.29, 0.717) is 19.2 Å². The smallest absolute Gasteiger partial charge is 0.236 e. The first kappa shape index (κ1) is 18.6. The Labute approximate surface area is 133 Å². The predicted molar refractivity (Wildman–Crippen MR) is 89.6 cm³/mol. The van der Waals surface area contributed by atoms with Crippen LogP contribution in [0.15, 0.2) is 24.3 Å². The fourth-order valence-electron chi connectivity index (χ4n) is 1.78. The molecule has 0 bridgehead atoms. The Balaban J connectivity index is 0.000000406. The molecule has 5 nitrogen and oxygen atoms in total. The Morgan fingerprint density at radius 2 is 1.86 bits per heavy atom. The second-order valence-corrected chi connectivity index (χ2v) is 5.71. The minimum absolute atomic E-state index is 0.100. The summed E-state index contributed by atoms with van der Waals surface area (Å²) in [5.41, 5.74) is 7.93. The van der Waals surface area contributed by atoms with Crippen LogP contribution in [0.4, 0.5) is 0 Å². The van der Waals surface area contributed by atoms with Crippen molar-refractivity contribution in [3.8, 4) is 0 Å². The normalized spacial score (nSPS) is 16.3. The lowest BCUT2D eigenvalue weighted by Crippen LogP contribution is -2.33. The van der Waals surface area contributed by atoms with Gasteiger partial charge in [-0.05, 0) is 37.4 Å². The molecule has 1 unspecified atom stereocenters. The SMILES string of the molecule is CC1CCO1.CN(C)C(=O)CNCCc1ccc(CN)cc1. The number of hydrogen-bond acceptors (Lipinski definition) is 4. The molecule has 0 spiro atoms. The van der Waals surface area contributed by atoms with E-state index < -0.39 is 0 Å². The van der Waals surface area contributed by atoms with Crippen LogP contribution < -0.4 is 11.1 Å². The lowest BCUT2D eigenvalue weighted by molar-refractivity contribution is -0.127. The monoisotopic (exact) mass is 307 g/mol. The van der Waals surface area contributed by atoms with Crippen LogP contribution in [0.25, 0.3) is 0 Å². The molecule has 3 N–H and O–H groups in total. The fourth-order valence-corrected chi connectivity index (χ4v) is 1.78. The van der Waals surface area contributed by atoms with Crippen molar-refractivity contribution in [2.75, 3.05) is 33.8 Å². The summed E-state index contributed by atoms with van der Waals surface area (Å²) in [4.78, 5) is 12.9. The van der Waals surface area contributed by atoms with E-state index in [0.717, 1.165) is 25.1 Å². The van der Waals surface area contributed by atoms with Crippen LogP contribution in [0.5, 0.6) is 0 Å². The Kier molecular flexibility index (Phi) is 8.74. The molecule has 1 aromatic carbocycles. The predicted octanol–water partition coefficient (Wildman–Crippen LogP) is 1.16. The van der Waals surface area contributed by atoms with Gasteiger partial charge in [-0.25, -0.2) is 0 Å². The van der Waals surface area contributed by atoms with Crippen molar-refractivity contribution in [1.82, 2.24) is 10.2 Å². The Bertz CT molecular complexity index is 428. The zero-order chi connectivity index (χ0) is 16.4. The van der Waals surface area contributed by atoms with E-state index in [9.17, 15) is 4.79 Å². The number of hydrogen-bond donors (Lipinski definition) is 2. The molecule has 0 saturated carbocycles. The average molecular weight is 307 g/mol. The first-order valence-corrected chi connectivity index (χ1v) is 7.83. The van der Waals surface area contributed by atoms with Crippen LogP contribution in [-0.2, 0) is 22.5 Å². The molecule has 2 rings (SSSR count). The molecule has 1 amide bonds. The number of likely N-dealkylation sites (N-methyl/N-ethyl adjacent to an activating group) is 1. The molecule has 1 fully saturated rings. The molecular formula is C17H29N3O2. The third-order valence-electron chi connectivity index (χ3n) is 3.55. The van der Waals surface area contributed by atoms with Gasteiger partial charge in [-0.1, -0.05) is 24.3 Å². The topological polar surface area (TPSA) is 67.6 Å². The number of ether oxygens (including phenoxy) is 1. The molecule has 0 aromatic heterocycles. The molecule has 1 aliphatic heterocycles. The third kappa shape index (κ3) is 7.54. The van der Waals surface area contributed by atoms with Gasteiger partial charge in [0.2, 0.25) is 5.91 Å². The Morgan fingerprint density at radius 3 is 2.27 bits per heavy atom. The van der Waals surface area contributed by atoms with Crippen LogP contribution in [0.2, 0.25) is 0 Å². The second kappa shape index (κ2) is 10.3. The fraction of sp³-hybridized carbons (Fsp3) is 0.588. The number of benzene rings is 1. The zero-order valence-electron chi connectivity index (χ0n) is 14.0. The largest absolute Gasteiger partial charge is 0.378 e. The highest BCUT2D eigenvalue weighted by atomic mass is 16.5. The van der Waals surface area contributed by atoms with Crippen molar-refractivity contribution in [3.05, 3.63) is 35.4 Å². The van der Waals surface area contributed by atoms with Gasteiger partial charge >= 0.3 is 0 Å². The Hall–Kier alpha value is -1.43. The summed E-state index contributed by atoms with van der Waals surface area (Å²) in [5.74, 6) is 0.100. The van der Waals surface area contributed by atoms with E-state index in [1.54, 1.807) is 19.0 Å². The van der Waals surface area contributed by atoms with Crippen LogP contribution in [-0.4, -0.2) is 50.7 Å². The van der Waals surface area contributed by atoms with Gasteiger partial charge in [0.1, 0.15) is 0 Å². The first-order valence-electron chi connectivity index (χ1n) is 7.83. The summed E-state index contributed by atoms with van der Waals surface area (Å²) in [7, 11) is 3.52. The molecule has 0 aliphatic carbocycles. The van der Waals surface area contributed by atoms with E-state index >= 15 is 0 Å². The van der Waals surface area contributed by atoms with Gasteiger partial charge in [0.05, 0.1) is 12.6 Å². The van der Waals surface area contributed by atoms with Gasteiger partial charge in [0, 0.05) is 27.2 Å². The van der Waals surface area contributed by atoms with E-state index in [2.05, 4.69) is 24.4 Å². The van der Waals surface area contributed by atoms with Crippen LogP contribution >= 0.6 is 0 Å². The molecule has 1 atom stereocenters. The molecule has 1 aliphatic rings. The number of carbonyl (C=O) groups excluding carboxylic acids is 1. The van der Waals surface area contributed by atoms with Crippen LogP contribution in [0.3, 0.4) is 0 Å². The summed E-state index contributed by atoms with van der Waals surface area (Å²) in [6, 6.07) is 8.25. The van der Waals surface area contributed by atoms with Crippen molar-refractivity contribution in [2.24, 2.45) is 5.73 Å². The molecule has 1 saturated heterocycles. The number of nitrogens with one attached hydrogen (secondary N) is 1. The first-order chi connectivity index (χ1) is 10.5. The van der Waals surface area contributed by atoms with Crippen LogP contribution in [0.1, 0.15) is 24.5 Å². The van der Waals surface area contributed by atoms with E-state index in [1.807, 2.05) is 12.1 Å². The Morgan fingerprint density at radius 1 is 1.32 bits per heavy atom. The van der Waals surface area contributed by atoms with Crippen molar-refractivity contribution in [1.29, 1.82) is 0 Å². The molecule has 1 heterocycles. The summed E-state index contributed by atoms with van der Waals surface area (Å²) >= 11 is 0. The number of rotatable bonds is 6. The zero-order valence-corrected chi connectivity index (χ0v) is 14.0. The summed E-state index contributed by atoms with van der Waals surface area (Å²) in [5, 5.41) is 3.13. The molecule has 0 radical (unpaired) electrons.